The minimum atomic E-state index is -0.492. The fraction of sp³-hybridized carbons (Fsp3) is 0.500. The van der Waals surface area contributed by atoms with Crippen molar-refractivity contribution in [2.24, 2.45) is 0 Å². The lowest BCUT2D eigenvalue weighted by Gasteiger charge is -2.11. The SMILES string of the molecule is CCCCOCCOC(=O)c1c(N)cccc1OC. The molecule has 0 fully saturated rings. The number of hydrogen-bond donors (Lipinski definition) is 1. The maximum absolute atomic E-state index is 11.9. The second kappa shape index (κ2) is 8.37. The quantitative estimate of drug-likeness (QED) is 0.444. The van der Waals surface area contributed by atoms with Gasteiger partial charge in [-0.2, -0.15) is 0 Å². The van der Waals surface area contributed by atoms with Gasteiger partial charge in [0.05, 0.1) is 13.7 Å². The molecular formula is C14H21NO4. The van der Waals surface area contributed by atoms with E-state index in [0.29, 0.717) is 24.7 Å². The van der Waals surface area contributed by atoms with E-state index in [2.05, 4.69) is 6.92 Å². The smallest absolute Gasteiger partial charge is 0.344 e. The molecule has 5 heteroatoms. The van der Waals surface area contributed by atoms with E-state index in [4.69, 9.17) is 19.9 Å². The number of ether oxygens (including phenoxy) is 3. The van der Waals surface area contributed by atoms with E-state index in [0.717, 1.165) is 12.8 Å². The zero-order chi connectivity index (χ0) is 14.1. The second-order valence-corrected chi connectivity index (χ2v) is 4.03. The molecule has 0 amide bonds. The summed E-state index contributed by atoms with van der Waals surface area (Å²) in [6.45, 7) is 3.37. The number of methoxy groups -OCH3 is 1. The summed E-state index contributed by atoms with van der Waals surface area (Å²) in [6, 6.07) is 5.03. The van der Waals surface area contributed by atoms with E-state index in [-0.39, 0.29) is 12.2 Å². The van der Waals surface area contributed by atoms with E-state index in [1.54, 1.807) is 18.2 Å². The molecule has 0 aliphatic carbocycles. The number of anilines is 1. The van der Waals surface area contributed by atoms with E-state index in [1.165, 1.54) is 7.11 Å². The number of esters is 1. The van der Waals surface area contributed by atoms with Gasteiger partial charge in [0.1, 0.15) is 17.9 Å². The summed E-state index contributed by atoms with van der Waals surface area (Å²) < 4.78 is 15.5. The Morgan fingerprint density at radius 3 is 2.74 bits per heavy atom. The topological polar surface area (TPSA) is 70.8 Å². The third kappa shape index (κ3) is 4.79. The molecule has 0 aromatic heterocycles. The molecule has 0 saturated carbocycles. The molecule has 0 saturated heterocycles. The summed E-state index contributed by atoms with van der Waals surface area (Å²) in [6.07, 6.45) is 2.09. The first kappa shape index (κ1) is 15.3. The Morgan fingerprint density at radius 1 is 1.26 bits per heavy atom. The first-order chi connectivity index (χ1) is 9.20. The Labute approximate surface area is 113 Å². The van der Waals surface area contributed by atoms with Crippen molar-refractivity contribution in [3.63, 3.8) is 0 Å². The molecule has 5 nitrogen and oxygen atoms in total. The maximum Gasteiger partial charge on any atom is 0.344 e. The van der Waals surface area contributed by atoms with Crippen molar-refractivity contribution in [1.82, 2.24) is 0 Å². The van der Waals surface area contributed by atoms with Gasteiger partial charge in [-0.3, -0.25) is 0 Å². The molecule has 106 valence electrons. The van der Waals surface area contributed by atoms with Gasteiger partial charge < -0.3 is 19.9 Å². The molecule has 0 atom stereocenters. The van der Waals surface area contributed by atoms with Crippen LogP contribution in [0.3, 0.4) is 0 Å². The lowest BCUT2D eigenvalue weighted by atomic mass is 10.1. The first-order valence-corrected chi connectivity index (χ1v) is 6.38. The maximum atomic E-state index is 11.9. The lowest BCUT2D eigenvalue weighted by Crippen LogP contribution is -2.14. The number of nitrogens with two attached hydrogens (primary N) is 1. The highest BCUT2D eigenvalue weighted by Gasteiger charge is 2.16. The largest absolute Gasteiger partial charge is 0.496 e. The van der Waals surface area contributed by atoms with E-state index < -0.39 is 5.97 Å². The number of hydrogen-bond acceptors (Lipinski definition) is 5. The first-order valence-electron chi connectivity index (χ1n) is 6.38. The van der Waals surface area contributed by atoms with E-state index >= 15 is 0 Å². The number of carbonyl (C=O) groups is 1. The normalized spacial score (nSPS) is 10.2. The number of benzene rings is 1. The molecule has 0 aliphatic rings. The number of rotatable bonds is 8. The van der Waals surface area contributed by atoms with Crippen LogP contribution in [0.2, 0.25) is 0 Å². The average Bonchev–Trinajstić information content (AvgIpc) is 2.42. The lowest BCUT2D eigenvalue weighted by molar-refractivity contribution is 0.0312. The van der Waals surface area contributed by atoms with Crippen LogP contribution in [-0.4, -0.2) is 32.9 Å². The molecule has 0 aliphatic heterocycles. The van der Waals surface area contributed by atoms with Crippen LogP contribution >= 0.6 is 0 Å². The van der Waals surface area contributed by atoms with E-state index in [1.807, 2.05) is 0 Å². The summed E-state index contributed by atoms with van der Waals surface area (Å²) in [5, 5.41) is 0. The van der Waals surface area contributed by atoms with Crippen LogP contribution < -0.4 is 10.5 Å². The fourth-order valence-corrected chi connectivity index (χ4v) is 1.55. The van der Waals surface area contributed by atoms with E-state index in [9.17, 15) is 4.79 Å². The number of carbonyl (C=O) groups excluding carboxylic acids is 1. The zero-order valence-electron chi connectivity index (χ0n) is 11.5. The van der Waals surface area contributed by atoms with Gasteiger partial charge in [-0.05, 0) is 18.6 Å². The van der Waals surface area contributed by atoms with Crippen LogP contribution in [0.25, 0.3) is 0 Å². The Morgan fingerprint density at radius 2 is 2.05 bits per heavy atom. The molecule has 1 aromatic rings. The Balaban J connectivity index is 2.45. The summed E-state index contributed by atoms with van der Waals surface area (Å²) >= 11 is 0. The molecule has 1 aromatic carbocycles. The number of nitrogen functional groups attached to an aromatic ring is 1. The molecule has 0 radical (unpaired) electrons. The van der Waals surface area contributed by atoms with Crippen molar-refractivity contribution in [3.05, 3.63) is 23.8 Å². The van der Waals surface area contributed by atoms with Gasteiger partial charge >= 0.3 is 5.97 Å². The van der Waals surface area contributed by atoms with Gasteiger partial charge in [-0.1, -0.05) is 19.4 Å². The van der Waals surface area contributed by atoms with Gasteiger partial charge in [0, 0.05) is 12.3 Å². The van der Waals surface area contributed by atoms with Gasteiger partial charge in [-0.15, -0.1) is 0 Å². The van der Waals surface area contributed by atoms with Crippen LogP contribution in [0.1, 0.15) is 30.1 Å². The van der Waals surface area contributed by atoms with Crippen molar-refractivity contribution < 1.29 is 19.0 Å². The Hall–Kier alpha value is -1.75. The van der Waals surface area contributed by atoms with Crippen molar-refractivity contribution in [2.75, 3.05) is 32.7 Å². The minimum Gasteiger partial charge on any atom is -0.496 e. The predicted molar refractivity (Wildman–Crippen MR) is 73.4 cm³/mol. The van der Waals surface area contributed by atoms with Gasteiger partial charge in [0.2, 0.25) is 0 Å². The van der Waals surface area contributed by atoms with Gasteiger partial charge in [0.25, 0.3) is 0 Å². The van der Waals surface area contributed by atoms with Crippen molar-refractivity contribution in [1.29, 1.82) is 0 Å². The minimum absolute atomic E-state index is 0.208. The Kier molecular flexibility index (Phi) is 6.74. The highest BCUT2D eigenvalue weighted by Crippen LogP contribution is 2.24. The zero-order valence-corrected chi connectivity index (χ0v) is 11.5. The number of unbranched alkanes of at least 4 members (excludes halogenated alkanes) is 1. The highest BCUT2D eigenvalue weighted by atomic mass is 16.6. The third-order valence-corrected chi connectivity index (χ3v) is 2.59. The van der Waals surface area contributed by atoms with Gasteiger partial charge in [0.15, 0.2) is 0 Å². The highest BCUT2D eigenvalue weighted by molar-refractivity contribution is 5.98. The molecular weight excluding hydrogens is 246 g/mol. The van der Waals surface area contributed by atoms with Crippen LogP contribution in [0, 0.1) is 0 Å². The fourth-order valence-electron chi connectivity index (χ4n) is 1.55. The molecule has 0 spiro atoms. The summed E-state index contributed by atoms with van der Waals surface area (Å²) in [4.78, 5) is 11.9. The van der Waals surface area contributed by atoms with Crippen LogP contribution in [0.15, 0.2) is 18.2 Å². The van der Waals surface area contributed by atoms with Crippen molar-refractivity contribution in [2.45, 2.75) is 19.8 Å². The molecule has 0 unspecified atom stereocenters. The molecule has 1 rings (SSSR count). The van der Waals surface area contributed by atoms with Crippen molar-refractivity contribution >= 4 is 11.7 Å². The molecule has 0 heterocycles. The van der Waals surface area contributed by atoms with Crippen molar-refractivity contribution in [3.8, 4) is 5.75 Å². The standard InChI is InChI=1S/C14H21NO4/c1-3-4-8-18-9-10-19-14(16)13-11(15)6-5-7-12(13)17-2/h5-7H,3-4,8-10,15H2,1-2H3. The Bertz CT molecular complexity index is 406. The molecule has 0 bridgehead atoms. The van der Waals surface area contributed by atoms with Crippen LogP contribution in [0.5, 0.6) is 5.75 Å². The molecule has 2 N–H and O–H groups in total. The van der Waals surface area contributed by atoms with Crippen LogP contribution in [-0.2, 0) is 9.47 Å². The predicted octanol–water partition coefficient (Wildman–Crippen LogP) is 2.25. The second-order valence-electron chi connectivity index (χ2n) is 4.03. The van der Waals surface area contributed by atoms with Crippen LogP contribution in [0.4, 0.5) is 5.69 Å². The molecule has 19 heavy (non-hydrogen) atoms. The third-order valence-electron chi connectivity index (χ3n) is 2.59. The summed E-state index contributed by atoms with van der Waals surface area (Å²) in [5.74, 6) is -0.0778. The summed E-state index contributed by atoms with van der Waals surface area (Å²) in [7, 11) is 1.49. The summed E-state index contributed by atoms with van der Waals surface area (Å²) in [5.41, 5.74) is 6.36. The monoisotopic (exact) mass is 267 g/mol. The van der Waals surface area contributed by atoms with Gasteiger partial charge in [-0.25, -0.2) is 4.79 Å². The average molecular weight is 267 g/mol.